The number of hydrogen-bond acceptors (Lipinski definition) is 1. The molecule has 0 aromatic carbocycles. The number of quaternary nitrogens is 2. The lowest BCUT2D eigenvalue weighted by Crippen LogP contribution is -2.49. The fourth-order valence-electron chi connectivity index (χ4n) is 0.641. The molecule has 3 nitrogen and oxygen atoms in total. The second kappa shape index (κ2) is 3.52. The highest BCUT2D eigenvalue weighted by Crippen LogP contribution is 1.97. The van der Waals surface area contributed by atoms with Gasteiger partial charge in [0.1, 0.15) is 13.1 Å². The first kappa shape index (κ1) is 10.9. The molecule has 0 bridgehead atoms. The summed E-state index contributed by atoms with van der Waals surface area (Å²) >= 11 is 0. The number of likely N-dealkylation sites (N-methyl/N-ethyl adjacent to an activating group) is 2. The Morgan fingerprint density at radius 2 is 1.36 bits per heavy atom. The van der Waals surface area contributed by atoms with Crippen molar-refractivity contribution >= 4 is 0 Å². The van der Waals surface area contributed by atoms with Crippen LogP contribution in [0, 0.1) is 0 Å². The van der Waals surface area contributed by atoms with Crippen molar-refractivity contribution in [1.82, 2.24) is 0 Å². The highest BCUT2D eigenvalue weighted by Gasteiger charge is 2.17. The van der Waals surface area contributed by atoms with E-state index < -0.39 is 0 Å². The fraction of sp³-hybridized carbons (Fsp3) is 1.00. The predicted octanol–water partition coefficient (Wildman–Crippen LogP) is -0.281. The van der Waals surface area contributed by atoms with E-state index in [1.807, 2.05) is 14.1 Å². The largest absolute Gasteiger partial charge is 0.347 e. The van der Waals surface area contributed by atoms with Gasteiger partial charge in [-0.1, -0.05) is 0 Å². The number of hydrogen-bond donors (Lipinski definition) is 1. The molecule has 0 spiro atoms. The topological polar surface area (TPSA) is 20.2 Å². The maximum absolute atomic E-state index is 8.96. The molecule has 0 unspecified atom stereocenters. The average molecular weight is 162 g/mol. The smallest absolute Gasteiger partial charge is 0.180 e. The van der Waals surface area contributed by atoms with E-state index in [9.17, 15) is 0 Å². The summed E-state index contributed by atoms with van der Waals surface area (Å²) in [5.41, 5.74) is 0. The van der Waals surface area contributed by atoms with E-state index in [2.05, 4.69) is 21.1 Å². The zero-order valence-electron chi connectivity index (χ0n) is 8.46. The van der Waals surface area contributed by atoms with E-state index >= 15 is 0 Å². The molecule has 0 saturated carbocycles. The third-order valence-electron chi connectivity index (χ3n) is 1.76. The Labute approximate surface area is 70.0 Å². The van der Waals surface area contributed by atoms with Gasteiger partial charge in [0.15, 0.2) is 6.73 Å². The SMILES string of the molecule is C[N+](C)(C)CC[N+](C)(C)CO. The lowest BCUT2D eigenvalue weighted by molar-refractivity contribution is -0.947. The Balaban J connectivity index is 3.70. The Morgan fingerprint density at radius 1 is 0.909 bits per heavy atom. The normalized spacial score (nSPS) is 13.6. The molecule has 0 aliphatic carbocycles. The van der Waals surface area contributed by atoms with E-state index in [1.165, 1.54) is 0 Å². The lowest BCUT2D eigenvalue weighted by atomic mass is 10.4. The molecule has 0 saturated heterocycles. The molecule has 0 atom stereocenters. The molecule has 0 aliphatic rings. The minimum atomic E-state index is 0.222. The van der Waals surface area contributed by atoms with Crippen LogP contribution >= 0.6 is 0 Å². The molecule has 3 heteroatoms. The molecule has 0 aromatic heterocycles. The molecule has 0 rings (SSSR count). The van der Waals surface area contributed by atoms with Crippen LogP contribution in [0.2, 0.25) is 0 Å². The fourth-order valence-corrected chi connectivity index (χ4v) is 0.641. The van der Waals surface area contributed by atoms with Crippen molar-refractivity contribution < 1.29 is 14.1 Å². The molecule has 0 aromatic rings. The second-order valence-electron chi connectivity index (χ2n) is 4.81. The van der Waals surface area contributed by atoms with E-state index in [-0.39, 0.29) is 6.73 Å². The first-order valence-corrected chi connectivity index (χ1v) is 4.00. The van der Waals surface area contributed by atoms with Crippen LogP contribution in [0.15, 0.2) is 0 Å². The molecule has 0 fully saturated rings. The van der Waals surface area contributed by atoms with Gasteiger partial charge in [0.25, 0.3) is 0 Å². The van der Waals surface area contributed by atoms with Gasteiger partial charge in [-0.05, 0) is 0 Å². The van der Waals surface area contributed by atoms with Gasteiger partial charge in [-0.3, -0.25) is 0 Å². The molecule has 68 valence electrons. The number of nitrogens with zero attached hydrogens (tertiary/aromatic N) is 2. The maximum Gasteiger partial charge on any atom is 0.180 e. The van der Waals surface area contributed by atoms with Gasteiger partial charge >= 0.3 is 0 Å². The lowest BCUT2D eigenvalue weighted by Gasteiger charge is -2.31. The van der Waals surface area contributed by atoms with Crippen molar-refractivity contribution in [1.29, 1.82) is 0 Å². The summed E-state index contributed by atoms with van der Waals surface area (Å²) in [4.78, 5) is 0. The Morgan fingerprint density at radius 3 is 1.64 bits per heavy atom. The summed E-state index contributed by atoms with van der Waals surface area (Å²) in [6, 6.07) is 0. The summed E-state index contributed by atoms with van der Waals surface area (Å²) in [6.45, 7) is 2.33. The number of rotatable bonds is 4. The van der Waals surface area contributed by atoms with E-state index in [1.54, 1.807) is 0 Å². The van der Waals surface area contributed by atoms with Crippen LogP contribution in [-0.4, -0.2) is 69.1 Å². The first-order chi connectivity index (χ1) is 4.77. The van der Waals surface area contributed by atoms with Crippen molar-refractivity contribution in [3.63, 3.8) is 0 Å². The van der Waals surface area contributed by atoms with Gasteiger partial charge in [-0.2, -0.15) is 0 Å². The molecular formula is C8H22N2O+2. The van der Waals surface area contributed by atoms with Crippen LogP contribution in [-0.2, 0) is 0 Å². The van der Waals surface area contributed by atoms with Crippen molar-refractivity contribution in [3.8, 4) is 0 Å². The molecule has 0 aliphatic heterocycles. The molecule has 0 amide bonds. The molecule has 1 N–H and O–H groups in total. The van der Waals surface area contributed by atoms with Crippen LogP contribution in [0.3, 0.4) is 0 Å². The third kappa shape index (κ3) is 6.28. The number of aliphatic hydroxyl groups excluding tert-OH is 1. The van der Waals surface area contributed by atoms with Crippen molar-refractivity contribution in [3.05, 3.63) is 0 Å². The number of aliphatic hydroxyl groups is 1. The van der Waals surface area contributed by atoms with Crippen LogP contribution in [0.1, 0.15) is 0 Å². The minimum Gasteiger partial charge on any atom is -0.347 e. The van der Waals surface area contributed by atoms with Crippen molar-refractivity contribution in [2.75, 3.05) is 55.1 Å². The Kier molecular flexibility index (Phi) is 3.48. The third-order valence-corrected chi connectivity index (χ3v) is 1.76. The quantitative estimate of drug-likeness (QED) is 0.445. The van der Waals surface area contributed by atoms with Gasteiger partial charge in [0.05, 0.1) is 35.2 Å². The van der Waals surface area contributed by atoms with Gasteiger partial charge in [-0.15, -0.1) is 0 Å². The standard InChI is InChI=1S/C8H22N2O/c1-9(2,3)6-7-10(4,5)8-11/h11H,6-8H2,1-5H3/q+2. The summed E-state index contributed by atoms with van der Waals surface area (Å²) in [5.74, 6) is 0. The van der Waals surface area contributed by atoms with Crippen molar-refractivity contribution in [2.24, 2.45) is 0 Å². The minimum absolute atomic E-state index is 0.222. The van der Waals surface area contributed by atoms with Gasteiger partial charge in [0, 0.05) is 0 Å². The summed E-state index contributed by atoms with van der Waals surface area (Å²) < 4.78 is 1.65. The summed E-state index contributed by atoms with van der Waals surface area (Å²) in [6.07, 6.45) is 0. The van der Waals surface area contributed by atoms with Crippen LogP contribution in [0.25, 0.3) is 0 Å². The van der Waals surface area contributed by atoms with Crippen molar-refractivity contribution in [2.45, 2.75) is 0 Å². The summed E-state index contributed by atoms with van der Waals surface area (Å²) in [5, 5.41) is 8.96. The van der Waals surface area contributed by atoms with Gasteiger partial charge < -0.3 is 14.1 Å². The van der Waals surface area contributed by atoms with Crippen LogP contribution < -0.4 is 0 Å². The molecular weight excluding hydrogens is 140 g/mol. The highest BCUT2D eigenvalue weighted by molar-refractivity contribution is 4.27. The van der Waals surface area contributed by atoms with Gasteiger partial charge in [0.2, 0.25) is 0 Å². The zero-order chi connectivity index (χ0) is 9.12. The first-order valence-electron chi connectivity index (χ1n) is 4.00. The van der Waals surface area contributed by atoms with Gasteiger partial charge in [-0.25, -0.2) is 0 Å². The molecule has 0 heterocycles. The molecule has 11 heavy (non-hydrogen) atoms. The van der Waals surface area contributed by atoms with Crippen LogP contribution in [0.5, 0.6) is 0 Å². The highest BCUT2D eigenvalue weighted by atomic mass is 16.3. The van der Waals surface area contributed by atoms with E-state index in [4.69, 9.17) is 5.11 Å². The Bertz CT molecular complexity index is 116. The maximum atomic E-state index is 8.96. The van der Waals surface area contributed by atoms with Crippen LogP contribution in [0.4, 0.5) is 0 Å². The average Bonchev–Trinajstić information content (AvgIpc) is 1.83. The monoisotopic (exact) mass is 162 g/mol. The van der Waals surface area contributed by atoms with E-state index in [0.29, 0.717) is 4.48 Å². The predicted molar refractivity (Wildman–Crippen MR) is 47.0 cm³/mol. The molecule has 0 radical (unpaired) electrons. The van der Waals surface area contributed by atoms with E-state index in [0.717, 1.165) is 17.6 Å². The Hall–Kier alpha value is -0.120. The zero-order valence-corrected chi connectivity index (χ0v) is 8.46. The summed E-state index contributed by atoms with van der Waals surface area (Å²) in [7, 11) is 10.6. The second-order valence-corrected chi connectivity index (χ2v) is 4.81.